The Bertz CT molecular complexity index is 877. The van der Waals surface area contributed by atoms with Gasteiger partial charge in [-0.15, -0.1) is 11.3 Å². The summed E-state index contributed by atoms with van der Waals surface area (Å²) < 4.78 is 0. The summed E-state index contributed by atoms with van der Waals surface area (Å²) in [7, 11) is 0. The van der Waals surface area contributed by atoms with Crippen LogP contribution in [0.25, 0.3) is 21.5 Å². The Labute approximate surface area is 139 Å². The molecular weight excluding hydrogens is 340 g/mol. The molecule has 3 rings (SSSR count). The molecule has 0 aliphatic heterocycles. The number of amides is 1. The van der Waals surface area contributed by atoms with Crippen molar-refractivity contribution in [3.05, 3.63) is 34.2 Å². The van der Waals surface area contributed by atoms with Crippen LogP contribution < -0.4 is 11.5 Å². The molecular formula is C14H11ClN4OS2. The Balaban J connectivity index is 2.36. The summed E-state index contributed by atoms with van der Waals surface area (Å²) in [5.74, 6) is -0.562. The van der Waals surface area contributed by atoms with Gasteiger partial charge in [-0.2, -0.15) is 0 Å². The van der Waals surface area contributed by atoms with Gasteiger partial charge in [-0.05, 0) is 18.4 Å². The fraction of sp³-hybridized carbons (Fsp3) is 0.0714. The summed E-state index contributed by atoms with van der Waals surface area (Å²) in [4.78, 5) is 21.4. The number of nitrogens with zero attached hydrogens (tertiary/aromatic N) is 2. The fourth-order valence-electron chi connectivity index (χ4n) is 2.09. The zero-order valence-corrected chi connectivity index (χ0v) is 13.9. The molecule has 4 N–H and O–H groups in total. The summed E-state index contributed by atoms with van der Waals surface area (Å²) in [5.41, 5.74) is 13.3. The van der Waals surface area contributed by atoms with Crippen molar-refractivity contribution >= 4 is 56.5 Å². The number of halogens is 1. The molecule has 3 aromatic rings. The summed E-state index contributed by atoms with van der Waals surface area (Å²) >= 11 is 8.54. The number of fused-ring (bicyclic) bond motifs is 1. The molecule has 0 saturated carbocycles. The van der Waals surface area contributed by atoms with Gasteiger partial charge in [-0.1, -0.05) is 35.5 Å². The number of carbonyl (C=O) groups excluding carboxylic acids is 1. The lowest BCUT2D eigenvalue weighted by molar-refractivity contribution is 0.100. The molecule has 0 saturated heterocycles. The minimum atomic E-state index is -0.562. The van der Waals surface area contributed by atoms with Gasteiger partial charge in [0.15, 0.2) is 5.16 Å². The van der Waals surface area contributed by atoms with E-state index < -0.39 is 5.91 Å². The van der Waals surface area contributed by atoms with E-state index in [1.54, 1.807) is 12.1 Å². The second kappa shape index (κ2) is 5.75. The Morgan fingerprint density at radius 1 is 1.27 bits per heavy atom. The second-order valence-corrected chi connectivity index (χ2v) is 6.66. The maximum atomic E-state index is 11.5. The van der Waals surface area contributed by atoms with E-state index in [1.165, 1.54) is 23.1 Å². The third-order valence-corrected chi connectivity index (χ3v) is 5.01. The van der Waals surface area contributed by atoms with Crippen molar-refractivity contribution in [1.29, 1.82) is 0 Å². The number of carbonyl (C=O) groups is 1. The van der Waals surface area contributed by atoms with E-state index in [2.05, 4.69) is 9.97 Å². The van der Waals surface area contributed by atoms with Crippen LogP contribution in [0.5, 0.6) is 0 Å². The van der Waals surface area contributed by atoms with Gasteiger partial charge >= 0.3 is 0 Å². The number of nitrogens with two attached hydrogens (primary N) is 2. The Morgan fingerprint density at radius 2 is 1.95 bits per heavy atom. The van der Waals surface area contributed by atoms with Crippen molar-refractivity contribution in [2.45, 2.75) is 5.16 Å². The van der Waals surface area contributed by atoms with Crippen LogP contribution in [0.2, 0.25) is 5.02 Å². The lowest BCUT2D eigenvalue weighted by Crippen LogP contribution is -2.10. The highest BCUT2D eigenvalue weighted by molar-refractivity contribution is 7.98. The smallest absolute Gasteiger partial charge is 0.260 e. The molecule has 0 fully saturated rings. The number of primary amides is 1. The van der Waals surface area contributed by atoms with Gasteiger partial charge in [-0.25, -0.2) is 9.97 Å². The molecule has 0 bridgehead atoms. The first-order valence-electron chi connectivity index (χ1n) is 6.21. The van der Waals surface area contributed by atoms with Gasteiger partial charge in [-0.3, -0.25) is 4.79 Å². The van der Waals surface area contributed by atoms with Crippen molar-refractivity contribution in [2.75, 3.05) is 12.0 Å². The number of rotatable bonds is 3. The zero-order valence-electron chi connectivity index (χ0n) is 11.5. The zero-order chi connectivity index (χ0) is 15.9. The summed E-state index contributed by atoms with van der Waals surface area (Å²) in [5, 5.41) is 1.89. The van der Waals surface area contributed by atoms with Gasteiger partial charge < -0.3 is 11.5 Å². The summed E-state index contributed by atoms with van der Waals surface area (Å²) in [6.07, 6.45) is 1.89. The molecule has 1 aromatic carbocycles. The van der Waals surface area contributed by atoms with Gasteiger partial charge in [0.05, 0.1) is 16.8 Å². The molecule has 0 spiro atoms. The van der Waals surface area contributed by atoms with E-state index in [1.807, 2.05) is 18.4 Å². The van der Waals surface area contributed by atoms with Crippen LogP contribution in [0.3, 0.4) is 0 Å². The van der Waals surface area contributed by atoms with Crippen LogP contribution >= 0.6 is 34.7 Å². The molecule has 2 heterocycles. The molecule has 0 aliphatic rings. The highest BCUT2D eigenvalue weighted by atomic mass is 35.5. The van der Waals surface area contributed by atoms with Crippen molar-refractivity contribution in [1.82, 2.24) is 9.97 Å². The lowest BCUT2D eigenvalue weighted by Gasteiger charge is -2.06. The van der Waals surface area contributed by atoms with E-state index in [0.717, 1.165) is 5.56 Å². The van der Waals surface area contributed by atoms with Crippen molar-refractivity contribution in [2.24, 2.45) is 5.73 Å². The lowest BCUT2D eigenvalue weighted by atomic mass is 10.1. The molecule has 22 heavy (non-hydrogen) atoms. The SMILES string of the molecule is CSc1nc(-c2ccc(Cl)cc2)c2c(N)c(C(N)=O)sc2n1. The minimum Gasteiger partial charge on any atom is -0.397 e. The van der Waals surface area contributed by atoms with E-state index in [9.17, 15) is 4.79 Å². The maximum absolute atomic E-state index is 11.5. The van der Waals surface area contributed by atoms with Gasteiger partial charge in [0.25, 0.3) is 5.91 Å². The molecule has 112 valence electrons. The number of thioether (sulfide) groups is 1. The normalized spacial score (nSPS) is 11.0. The first-order chi connectivity index (χ1) is 10.5. The first kappa shape index (κ1) is 15.1. The maximum Gasteiger partial charge on any atom is 0.260 e. The number of aromatic nitrogens is 2. The summed E-state index contributed by atoms with van der Waals surface area (Å²) in [6, 6.07) is 7.27. The number of nitrogen functional groups attached to an aromatic ring is 1. The average Bonchev–Trinajstić information content (AvgIpc) is 2.84. The number of thiophene rings is 1. The number of hydrogen-bond acceptors (Lipinski definition) is 6. The van der Waals surface area contributed by atoms with Gasteiger partial charge in [0, 0.05) is 10.6 Å². The molecule has 5 nitrogen and oxygen atoms in total. The van der Waals surface area contributed by atoms with Crippen LogP contribution in [0.1, 0.15) is 9.67 Å². The molecule has 0 radical (unpaired) electrons. The van der Waals surface area contributed by atoms with Crippen molar-refractivity contribution < 1.29 is 4.79 Å². The highest BCUT2D eigenvalue weighted by Crippen LogP contribution is 2.39. The van der Waals surface area contributed by atoms with Crippen molar-refractivity contribution in [3.63, 3.8) is 0 Å². The molecule has 8 heteroatoms. The van der Waals surface area contributed by atoms with Gasteiger partial charge in [0.1, 0.15) is 9.71 Å². The third-order valence-electron chi connectivity index (χ3n) is 3.09. The third kappa shape index (κ3) is 2.51. The Hall–Kier alpha value is -1.83. The van der Waals surface area contributed by atoms with Crippen LogP contribution in [0.4, 0.5) is 5.69 Å². The molecule has 2 aromatic heterocycles. The van der Waals surface area contributed by atoms with E-state index in [0.29, 0.717) is 36.7 Å². The standard InChI is InChI=1S/C14H11ClN4OS2/c1-21-14-18-10(6-2-4-7(15)5-3-6)8-9(16)11(12(17)20)22-13(8)19-14/h2-5H,16H2,1H3,(H2,17,20). The van der Waals surface area contributed by atoms with Crippen LogP contribution in [0, 0.1) is 0 Å². The Morgan fingerprint density at radius 3 is 2.55 bits per heavy atom. The average molecular weight is 351 g/mol. The highest BCUT2D eigenvalue weighted by Gasteiger charge is 2.20. The summed E-state index contributed by atoms with van der Waals surface area (Å²) in [6.45, 7) is 0. The van der Waals surface area contributed by atoms with Crippen LogP contribution in [-0.4, -0.2) is 22.1 Å². The predicted octanol–water partition coefficient (Wildman–Crippen LogP) is 3.41. The van der Waals surface area contributed by atoms with E-state index in [-0.39, 0.29) is 0 Å². The topological polar surface area (TPSA) is 94.9 Å². The minimum absolute atomic E-state index is 0.303. The largest absolute Gasteiger partial charge is 0.397 e. The van der Waals surface area contributed by atoms with E-state index >= 15 is 0 Å². The molecule has 0 atom stereocenters. The van der Waals surface area contributed by atoms with Gasteiger partial charge in [0.2, 0.25) is 0 Å². The number of hydrogen-bond donors (Lipinski definition) is 2. The number of benzene rings is 1. The monoisotopic (exact) mass is 350 g/mol. The van der Waals surface area contributed by atoms with E-state index in [4.69, 9.17) is 23.1 Å². The predicted molar refractivity (Wildman–Crippen MR) is 92.6 cm³/mol. The Kier molecular flexibility index (Phi) is 3.94. The molecule has 1 amide bonds. The first-order valence-corrected chi connectivity index (χ1v) is 8.63. The van der Waals surface area contributed by atoms with Crippen molar-refractivity contribution in [3.8, 4) is 11.3 Å². The van der Waals surface area contributed by atoms with Crippen LogP contribution in [-0.2, 0) is 0 Å². The molecule has 0 unspecified atom stereocenters. The second-order valence-electron chi connectivity index (χ2n) is 4.46. The number of anilines is 1. The van der Waals surface area contributed by atoms with Crippen LogP contribution in [0.15, 0.2) is 29.4 Å². The molecule has 0 aliphatic carbocycles. The fourth-order valence-corrected chi connectivity index (χ4v) is 3.59. The quantitative estimate of drug-likeness (QED) is 0.557.